The van der Waals surface area contributed by atoms with Crippen molar-refractivity contribution in [3.63, 3.8) is 0 Å². The van der Waals surface area contributed by atoms with Gasteiger partial charge in [-0.1, -0.05) is 0 Å². The molecular weight excluding hydrogens is 246 g/mol. The number of unbranched alkanes of at least 4 members (excludes halogenated alkanes) is 2. The van der Waals surface area contributed by atoms with Gasteiger partial charge in [-0.25, -0.2) is 0 Å². The summed E-state index contributed by atoms with van der Waals surface area (Å²) in [5, 5.41) is 13.7. The van der Waals surface area contributed by atoms with E-state index in [4.69, 9.17) is 5.11 Å². The fourth-order valence-electron chi connectivity index (χ4n) is 2.40. The lowest BCUT2D eigenvalue weighted by molar-refractivity contribution is 0.0952. The van der Waals surface area contributed by atoms with Gasteiger partial charge in [0.15, 0.2) is 0 Å². The van der Waals surface area contributed by atoms with Gasteiger partial charge in [-0.2, -0.15) is 0 Å². The molecule has 0 saturated heterocycles. The van der Waals surface area contributed by atoms with Crippen molar-refractivity contribution in [1.29, 1.82) is 0 Å². The van der Waals surface area contributed by atoms with Gasteiger partial charge in [-0.05, 0) is 50.5 Å². The zero-order valence-corrected chi connectivity index (χ0v) is 11.5. The van der Waals surface area contributed by atoms with Crippen LogP contribution in [0.1, 0.15) is 52.9 Å². The van der Waals surface area contributed by atoms with E-state index in [1.165, 1.54) is 23.3 Å². The van der Waals surface area contributed by atoms with E-state index in [0.717, 1.165) is 37.7 Å². The molecule has 1 aromatic heterocycles. The van der Waals surface area contributed by atoms with E-state index >= 15 is 0 Å². The Morgan fingerprint density at radius 1 is 1.28 bits per heavy atom. The van der Waals surface area contributed by atoms with Crippen LogP contribution in [0.25, 0.3) is 0 Å². The molecule has 1 aromatic rings. The molecule has 1 amide bonds. The van der Waals surface area contributed by atoms with Crippen LogP contribution >= 0.6 is 11.3 Å². The highest BCUT2D eigenvalue weighted by molar-refractivity contribution is 7.10. The molecule has 1 aliphatic carbocycles. The number of nitrogens with one attached hydrogen (secondary N) is 1. The van der Waals surface area contributed by atoms with Crippen LogP contribution in [-0.2, 0) is 12.8 Å². The van der Waals surface area contributed by atoms with Crippen molar-refractivity contribution in [2.24, 2.45) is 0 Å². The predicted octanol–water partition coefficient (Wildman–Crippen LogP) is 2.52. The number of fused-ring (bicyclic) bond motifs is 1. The third-order valence-electron chi connectivity index (χ3n) is 3.43. The second-order valence-electron chi connectivity index (χ2n) is 4.80. The second kappa shape index (κ2) is 6.90. The van der Waals surface area contributed by atoms with Gasteiger partial charge >= 0.3 is 0 Å². The standard InChI is InChI=1S/C14H21NO2S/c16-9-5-1-4-8-15-14(17)12-10-18-13-7-3-2-6-11(12)13/h10,16H,1-9H2,(H,15,17). The molecule has 2 rings (SSSR count). The Balaban J connectivity index is 1.83. The number of carbonyl (C=O) groups is 1. The van der Waals surface area contributed by atoms with E-state index in [-0.39, 0.29) is 12.5 Å². The Kier molecular flexibility index (Phi) is 5.20. The molecular formula is C14H21NO2S. The van der Waals surface area contributed by atoms with E-state index in [1.54, 1.807) is 11.3 Å². The fourth-order valence-corrected chi connectivity index (χ4v) is 3.52. The first-order valence-corrected chi connectivity index (χ1v) is 7.69. The molecule has 0 fully saturated rings. The molecule has 0 spiro atoms. The molecule has 0 aromatic carbocycles. The Labute approximate surface area is 112 Å². The van der Waals surface area contributed by atoms with Crippen molar-refractivity contribution in [3.8, 4) is 0 Å². The van der Waals surface area contributed by atoms with E-state index in [0.29, 0.717) is 6.54 Å². The van der Waals surface area contributed by atoms with Crippen molar-refractivity contribution in [2.75, 3.05) is 13.2 Å². The molecule has 0 atom stereocenters. The number of aryl methyl sites for hydroxylation is 1. The lowest BCUT2D eigenvalue weighted by Crippen LogP contribution is -2.25. The summed E-state index contributed by atoms with van der Waals surface area (Å²) in [6, 6.07) is 0. The zero-order chi connectivity index (χ0) is 12.8. The molecule has 0 radical (unpaired) electrons. The van der Waals surface area contributed by atoms with E-state index < -0.39 is 0 Å². The smallest absolute Gasteiger partial charge is 0.252 e. The Bertz CT molecular complexity index is 400. The van der Waals surface area contributed by atoms with Crippen LogP contribution in [0.3, 0.4) is 0 Å². The van der Waals surface area contributed by atoms with Crippen LogP contribution in [0.2, 0.25) is 0 Å². The van der Waals surface area contributed by atoms with Crippen molar-refractivity contribution >= 4 is 17.2 Å². The van der Waals surface area contributed by atoms with Crippen LogP contribution in [-0.4, -0.2) is 24.2 Å². The van der Waals surface area contributed by atoms with Crippen LogP contribution < -0.4 is 5.32 Å². The zero-order valence-electron chi connectivity index (χ0n) is 10.7. The minimum atomic E-state index is 0.0819. The molecule has 0 aliphatic heterocycles. The van der Waals surface area contributed by atoms with E-state index in [1.807, 2.05) is 5.38 Å². The van der Waals surface area contributed by atoms with E-state index in [2.05, 4.69) is 5.32 Å². The molecule has 18 heavy (non-hydrogen) atoms. The summed E-state index contributed by atoms with van der Waals surface area (Å²) < 4.78 is 0. The molecule has 1 heterocycles. The number of thiophene rings is 1. The van der Waals surface area contributed by atoms with Gasteiger partial charge in [0.1, 0.15) is 0 Å². The van der Waals surface area contributed by atoms with Gasteiger partial charge < -0.3 is 10.4 Å². The topological polar surface area (TPSA) is 49.3 Å². The fraction of sp³-hybridized carbons (Fsp3) is 0.643. The average Bonchev–Trinajstić information content (AvgIpc) is 2.82. The maximum Gasteiger partial charge on any atom is 0.252 e. The lowest BCUT2D eigenvalue weighted by atomic mass is 9.95. The molecule has 2 N–H and O–H groups in total. The summed E-state index contributed by atoms with van der Waals surface area (Å²) in [7, 11) is 0. The van der Waals surface area contributed by atoms with Crippen LogP contribution in [0.15, 0.2) is 5.38 Å². The number of rotatable bonds is 6. The van der Waals surface area contributed by atoms with Gasteiger partial charge in [0.2, 0.25) is 0 Å². The number of hydrogen-bond acceptors (Lipinski definition) is 3. The molecule has 3 nitrogen and oxygen atoms in total. The first-order chi connectivity index (χ1) is 8.83. The maximum atomic E-state index is 12.1. The molecule has 100 valence electrons. The second-order valence-corrected chi connectivity index (χ2v) is 5.76. The number of carbonyl (C=O) groups excluding carboxylic acids is 1. The summed E-state index contributed by atoms with van der Waals surface area (Å²) in [6.45, 7) is 0.954. The maximum absolute atomic E-state index is 12.1. The SMILES string of the molecule is O=C(NCCCCCO)c1csc2c1CCCC2. The third-order valence-corrected chi connectivity index (χ3v) is 4.52. The van der Waals surface area contributed by atoms with Crippen molar-refractivity contribution in [2.45, 2.75) is 44.9 Å². The Hall–Kier alpha value is -0.870. The Morgan fingerprint density at radius 2 is 2.11 bits per heavy atom. The first kappa shape index (κ1) is 13.6. The van der Waals surface area contributed by atoms with Crippen LogP contribution in [0, 0.1) is 0 Å². The molecule has 0 unspecified atom stereocenters. The molecule has 0 saturated carbocycles. The van der Waals surface area contributed by atoms with Gasteiger partial charge in [-0.3, -0.25) is 4.79 Å². The normalized spacial score (nSPS) is 14.3. The molecule has 0 bridgehead atoms. The number of hydrogen-bond donors (Lipinski definition) is 2. The summed E-state index contributed by atoms with van der Waals surface area (Å²) >= 11 is 1.73. The highest BCUT2D eigenvalue weighted by Gasteiger charge is 2.19. The third kappa shape index (κ3) is 3.33. The quantitative estimate of drug-likeness (QED) is 0.778. The Morgan fingerprint density at radius 3 is 2.94 bits per heavy atom. The number of amides is 1. The van der Waals surface area contributed by atoms with Gasteiger partial charge in [0.05, 0.1) is 5.56 Å². The highest BCUT2D eigenvalue weighted by Crippen LogP contribution is 2.30. The van der Waals surface area contributed by atoms with Crippen molar-refractivity contribution in [3.05, 3.63) is 21.4 Å². The molecule has 1 aliphatic rings. The summed E-state index contributed by atoms with van der Waals surface area (Å²) in [5.41, 5.74) is 2.19. The number of aliphatic hydroxyl groups excluding tert-OH is 1. The number of aliphatic hydroxyl groups is 1. The largest absolute Gasteiger partial charge is 0.396 e. The monoisotopic (exact) mass is 267 g/mol. The van der Waals surface area contributed by atoms with Crippen molar-refractivity contribution in [1.82, 2.24) is 5.32 Å². The summed E-state index contributed by atoms with van der Waals surface area (Å²) in [6.07, 6.45) is 7.41. The van der Waals surface area contributed by atoms with Gasteiger partial charge in [0, 0.05) is 23.4 Å². The summed E-state index contributed by atoms with van der Waals surface area (Å²) in [4.78, 5) is 13.5. The van der Waals surface area contributed by atoms with Gasteiger partial charge in [0.25, 0.3) is 5.91 Å². The highest BCUT2D eigenvalue weighted by atomic mass is 32.1. The van der Waals surface area contributed by atoms with Crippen molar-refractivity contribution < 1.29 is 9.90 Å². The van der Waals surface area contributed by atoms with E-state index in [9.17, 15) is 4.79 Å². The van der Waals surface area contributed by atoms with Gasteiger partial charge in [-0.15, -0.1) is 11.3 Å². The van der Waals surface area contributed by atoms with Crippen LogP contribution in [0.4, 0.5) is 0 Å². The minimum absolute atomic E-state index is 0.0819. The summed E-state index contributed by atoms with van der Waals surface area (Å²) in [5.74, 6) is 0.0819. The minimum Gasteiger partial charge on any atom is -0.396 e. The lowest BCUT2D eigenvalue weighted by Gasteiger charge is -2.12. The first-order valence-electron chi connectivity index (χ1n) is 6.81. The predicted molar refractivity (Wildman–Crippen MR) is 74.2 cm³/mol. The average molecular weight is 267 g/mol. The molecule has 4 heteroatoms. The van der Waals surface area contributed by atoms with Crippen LogP contribution in [0.5, 0.6) is 0 Å².